The topological polar surface area (TPSA) is 62.5 Å². The van der Waals surface area contributed by atoms with Crippen LogP contribution in [0.5, 0.6) is 5.75 Å². The van der Waals surface area contributed by atoms with E-state index in [4.69, 9.17) is 9.47 Å². The van der Waals surface area contributed by atoms with Gasteiger partial charge in [-0.3, -0.25) is 9.13 Å². The van der Waals surface area contributed by atoms with E-state index < -0.39 is 5.60 Å². The van der Waals surface area contributed by atoms with Gasteiger partial charge < -0.3 is 9.47 Å². The molecule has 2 aromatic carbocycles. The van der Waals surface area contributed by atoms with Gasteiger partial charge in [-0.1, -0.05) is 64.1 Å². The summed E-state index contributed by atoms with van der Waals surface area (Å²) in [6.07, 6.45) is 5.60. The first-order valence-corrected chi connectivity index (χ1v) is 13.8. The molecule has 0 aliphatic carbocycles. The Kier molecular flexibility index (Phi) is 9.64. The Morgan fingerprint density at radius 1 is 0.868 bits per heavy atom. The molecule has 6 heteroatoms. The standard InChI is InChI=1S/C32H44N2O4/c1-8-21-34-27(23-33(30(34)36)22-25-13-17-26(18-14-25)31(3,4)5)12-10-11-24-15-19-28(20-16-24)38-32(6,7)29(35)37-9-2/h13-20,23H,8-12,21-22H2,1-7H3. The molecule has 0 spiro atoms. The lowest BCUT2D eigenvalue weighted by molar-refractivity contribution is -0.158. The average molecular weight is 521 g/mol. The van der Waals surface area contributed by atoms with Crippen LogP contribution in [0.4, 0.5) is 0 Å². The maximum atomic E-state index is 13.2. The number of hydrogen-bond acceptors (Lipinski definition) is 4. The summed E-state index contributed by atoms with van der Waals surface area (Å²) in [6, 6.07) is 16.4. The van der Waals surface area contributed by atoms with E-state index in [1.807, 2.05) is 39.6 Å². The summed E-state index contributed by atoms with van der Waals surface area (Å²) in [5.74, 6) is 0.257. The van der Waals surface area contributed by atoms with E-state index in [1.165, 1.54) is 11.1 Å². The van der Waals surface area contributed by atoms with Crippen LogP contribution in [0.1, 0.15) is 83.7 Å². The molecule has 0 unspecified atom stereocenters. The van der Waals surface area contributed by atoms with Crippen molar-refractivity contribution in [1.29, 1.82) is 0 Å². The van der Waals surface area contributed by atoms with E-state index in [0.717, 1.165) is 43.5 Å². The molecule has 0 saturated heterocycles. The van der Waals surface area contributed by atoms with Gasteiger partial charge in [0.2, 0.25) is 0 Å². The molecule has 206 valence electrons. The second kappa shape index (κ2) is 12.5. The van der Waals surface area contributed by atoms with Crippen LogP contribution in [0.2, 0.25) is 0 Å². The predicted octanol–water partition coefficient (Wildman–Crippen LogP) is 6.30. The van der Waals surface area contributed by atoms with Crippen LogP contribution in [-0.4, -0.2) is 27.3 Å². The second-order valence-corrected chi connectivity index (χ2v) is 11.5. The van der Waals surface area contributed by atoms with E-state index in [9.17, 15) is 9.59 Å². The van der Waals surface area contributed by atoms with Crippen molar-refractivity contribution < 1.29 is 14.3 Å². The SMILES string of the molecule is CCCn1c(CCCc2ccc(OC(C)(C)C(=O)OCC)cc2)cn(Cc2ccc(C(C)(C)C)cc2)c1=O. The number of hydrogen-bond donors (Lipinski definition) is 0. The van der Waals surface area contributed by atoms with Gasteiger partial charge in [0.15, 0.2) is 5.60 Å². The van der Waals surface area contributed by atoms with Crippen molar-refractivity contribution in [2.75, 3.05) is 6.61 Å². The summed E-state index contributed by atoms with van der Waals surface area (Å²) < 4.78 is 14.7. The first-order valence-electron chi connectivity index (χ1n) is 13.8. The van der Waals surface area contributed by atoms with Crippen molar-refractivity contribution >= 4 is 5.97 Å². The fraction of sp³-hybridized carbons (Fsp3) is 0.500. The Morgan fingerprint density at radius 2 is 1.50 bits per heavy atom. The number of rotatable bonds is 12. The van der Waals surface area contributed by atoms with Gasteiger partial charge in [-0.15, -0.1) is 0 Å². The molecular formula is C32H44N2O4. The smallest absolute Gasteiger partial charge is 0.349 e. The Bertz CT molecular complexity index is 1240. The van der Waals surface area contributed by atoms with Gasteiger partial charge in [-0.2, -0.15) is 0 Å². The molecule has 0 N–H and O–H groups in total. The molecule has 6 nitrogen and oxygen atoms in total. The summed E-state index contributed by atoms with van der Waals surface area (Å²) in [5.41, 5.74) is 3.83. The van der Waals surface area contributed by atoms with Crippen LogP contribution in [0.15, 0.2) is 59.5 Å². The monoisotopic (exact) mass is 520 g/mol. The Morgan fingerprint density at radius 3 is 2.08 bits per heavy atom. The lowest BCUT2D eigenvalue weighted by atomic mass is 9.87. The molecule has 3 aromatic rings. The van der Waals surface area contributed by atoms with Gasteiger partial charge >= 0.3 is 11.7 Å². The van der Waals surface area contributed by atoms with Crippen LogP contribution >= 0.6 is 0 Å². The Hall–Kier alpha value is -3.28. The van der Waals surface area contributed by atoms with E-state index in [0.29, 0.717) is 18.9 Å². The molecule has 0 bridgehead atoms. The highest BCUT2D eigenvalue weighted by molar-refractivity contribution is 5.79. The maximum absolute atomic E-state index is 13.2. The highest BCUT2D eigenvalue weighted by Crippen LogP contribution is 2.23. The third kappa shape index (κ3) is 7.62. The number of nitrogens with zero attached hydrogens (tertiary/aromatic N) is 2. The maximum Gasteiger partial charge on any atom is 0.349 e. The van der Waals surface area contributed by atoms with Crippen LogP contribution in [-0.2, 0) is 40.9 Å². The van der Waals surface area contributed by atoms with Crippen LogP contribution in [0.3, 0.4) is 0 Å². The van der Waals surface area contributed by atoms with E-state index in [1.54, 1.807) is 20.8 Å². The lowest BCUT2D eigenvalue weighted by Gasteiger charge is -2.24. The summed E-state index contributed by atoms with van der Waals surface area (Å²) in [7, 11) is 0. The first-order chi connectivity index (χ1) is 17.9. The number of carbonyl (C=O) groups excluding carboxylic acids is 1. The van der Waals surface area contributed by atoms with Gasteiger partial charge in [0.1, 0.15) is 5.75 Å². The summed E-state index contributed by atoms with van der Waals surface area (Å²) in [5, 5.41) is 0. The number of carbonyl (C=O) groups is 1. The van der Waals surface area contributed by atoms with E-state index in [-0.39, 0.29) is 17.1 Å². The number of imidazole rings is 1. The van der Waals surface area contributed by atoms with E-state index >= 15 is 0 Å². The van der Waals surface area contributed by atoms with Crippen LogP contribution < -0.4 is 10.4 Å². The molecule has 1 heterocycles. The number of aromatic nitrogens is 2. The van der Waals surface area contributed by atoms with Crippen LogP contribution in [0, 0.1) is 0 Å². The van der Waals surface area contributed by atoms with E-state index in [2.05, 4.69) is 52.0 Å². The van der Waals surface area contributed by atoms with Crippen molar-refractivity contribution in [3.8, 4) is 5.75 Å². The molecule has 3 rings (SSSR count). The number of ether oxygens (including phenoxy) is 2. The first kappa shape index (κ1) is 29.3. The van der Waals surface area contributed by atoms with Gasteiger partial charge in [0, 0.05) is 18.4 Å². The molecule has 1 aromatic heterocycles. The van der Waals surface area contributed by atoms with Crippen molar-refractivity contribution in [3.05, 3.63) is 87.6 Å². The van der Waals surface area contributed by atoms with Gasteiger partial charge in [0.25, 0.3) is 0 Å². The third-order valence-corrected chi connectivity index (χ3v) is 6.71. The van der Waals surface area contributed by atoms with Crippen molar-refractivity contribution in [1.82, 2.24) is 9.13 Å². The second-order valence-electron chi connectivity index (χ2n) is 11.5. The number of benzene rings is 2. The summed E-state index contributed by atoms with van der Waals surface area (Å²) >= 11 is 0. The average Bonchev–Trinajstić information content (AvgIpc) is 3.14. The molecule has 0 fully saturated rings. The van der Waals surface area contributed by atoms with Crippen molar-refractivity contribution in [2.24, 2.45) is 0 Å². The van der Waals surface area contributed by atoms with Crippen molar-refractivity contribution in [2.45, 2.75) is 98.3 Å². The lowest BCUT2D eigenvalue weighted by Crippen LogP contribution is -2.39. The largest absolute Gasteiger partial charge is 0.476 e. The zero-order valence-corrected chi connectivity index (χ0v) is 24.2. The molecule has 0 radical (unpaired) electrons. The predicted molar refractivity (Wildman–Crippen MR) is 153 cm³/mol. The molecule has 0 saturated carbocycles. The third-order valence-electron chi connectivity index (χ3n) is 6.71. The highest BCUT2D eigenvalue weighted by atomic mass is 16.6. The minimum Gasteiger partial charge on any atom is -0.476 e. The Labute approximate surface area is 227 Å². The normalized spacial score (nSPS) is 12.0. The highest BCUT2D eigenvalue weighted by Gasteiger charge is 2.31. The molecule has 38 heavy (non-hydrogen) atoms. The quantitative estimate of drug-likeness (QED) is 0.263. The summed E-state index contributed by atoms with van der Waals surface area (Å²) in [4.78, 5) is 25.3. The van der Waals surface area contributed by atoms with Crippen molar-refractivity contribution in [3.63, 3.8) is 0 Å². The minimum absolute atomic E-state index is 0.0625. The number of esters is 1. The van der Waals surface area contributed by atoms with Gasteiger partial charge in [-0.05, 0) is 80.7 Å². The molecule has 0 amide bonds. The zero-order valence-electron chi connectivity index (χ0n) is 24.2. The van der Waals surface area contributed by atoms with Crippen LogP contribution in [0.25, 0.3) is 0 Å². The fourth-order valence-corrected chi connectivity index (χ4v) is 4.50. The van der Waals surface area contributed by atoms with Gasteiger partial charge in [0.05, 0.1) is 13.2 Å². The molecule has 0 aliphatic rings. The Balaban J connectivity index is 1.63. The van der Waals surface area contributed by atoms with Gasteiger partial charge in [-0.25, -0.2) is 9.59 Å². The minimum atomic E-state index is -1.04. The summed E-state index contributed by atoms with van der Waals surface area (Å²) in [6.45, 7) is 15.6. The molecule has 0 aliphatic heterocycles. The fourth-order valence-electron chi connectivity index (χ4n) is 4.50. The zero-order chi connectivity index (χ0) is 27.9. The molecular weight excluding hydrogens is 476 g/mol. The number of aryl methyl sites for hydroxylation is 2. The molecule has 0 atom stereocenters.